The number of Topliss-reactive ketones (excluding diaryl/α,β-unsaturated/α-hetero) is 1. The monoisotopic (exact) mass is 216 g/mol. The molecule has 1 saturated carbocycles. The first-order valence-electron chi connectivity index (χ1n) is 5.92. The molecule has 3 atom stereocenters. The van der Waals surface area contributed by atoms with Crippen LogP contribution in [0.15, 0.2) is 24.3 Å². The van der Waals surface area contributed by atoms with Crippen LogP contribution in [0.3, 0.4) is 0 Å². The third kappa shape index (κ3) is 1.22. The summed E-state index contributed by atoms with van der Waals surface area (Å²) in [5.41, 5.74) is 0.490. The Bertz CT molecular complexity index is 452. The first kappa shape index (κ1) is 9.88. The fourth-order valence-corrected chi connectivity index (χ4v) is 3.26. The summed E-state index contributed by atoms with van der Waals surface area (Å²) in [6, 6.07) is 7.60. The Kier molecular flexibility index (Phi) is 1.91. The molecule has 3 rings (SSSR count). The van der Waals surface area contributed by atoms with Crippen molar-refractivity contribution >= 4 is 5.78 Å². The van der Waals surface area contributed by atoms with Gasteiger partial charge in [-0.15, -0.1) is 0 Å². The number of benzene rings is 1. The second kappa shape index (κ2) is 3.09. The molecule has 0 bridgehead atoms. The first-order valence-corrected chi connectivity index (χ1v) is 5.92. The van der Waals surface area contributed by atoms with E-state index in [2.05, 4.69) is 13.8 Å². The predicted molar refractivity (Wildman–Crippen MR) is 61.7 cm³/mol. The molecule has 84 valence electrons. The van der Waals surface area contributed by atoms with Gasteiger partial charge in [-0.1, -0.05) is 19.1 Å². The molecule has 0 aromatic heterocycles. The molecule has 1 aliphatic heterocycles. The number of carbonyl (C=O) groups is 1. The van der Waals surface area contributed by atoms with Gasteiger partial charge in [-0.25, -0.2) is 0 Å². The van der Waals surface area contributed by atoms with Crippen LogP contribution < -0.4 is 4.74 Å². The topological polar surface area (TPSA) is 26.3 Å². The zero-order valence-corrected chi connectivity index (χ0v) is 9.69. The third-order valence-corrected chi connectivity index (χ3v) is 3.94. The van der Waals surface area contributed by atoms with E-state index in [0.717, 1.165) is 24.2 Å². The third-order valence-electron chi connectivity index (χ3n) is 3.94. The Labute approximate surface area is 95.6 Å². The number of para-hydroxylation sites is 1. The van der Waals surface area contributed by atoms with Crippen LogP contribution in [0.2, 0.25) is 0 Å². The Morgan fingerprint density at radius 2 is 2.12 bits per heavy atom. The highest BCUT2D eigenvalue weighted by molar-refractivity contribution is 6.02. The number of hydrogen-bond acceptors (Lipinski definition) is 2. The standard InChI is InChI=1S/C14H16O2/c1-9-7-11-13(15)10-5-3-4-6-12(10)16-14(11,2)8-9/h3-6,9,11H,7-8H2,1-2H3/t9-,11+,14+/m0/s1. The van der Waals surface area contributed by atoms with E-state index in [9.17, 15) is 4.79 Å². The first-order chi connectivity index (χ1) is 7.60. The van der Waals surface area contributed by atoms with Gasteiger partial charge in [0.1, 0.15) is 11.4 Å². The van der Waals surface area contributed by atoms with E-state index >= 15 is 0 Å². The van der Waals surface area contributed by atoms with Crippen LogP contribution in [0, 0.1) is 11.8 Å². The summed E-state index contributed by atoms with van der Waals surface area (Å²) in [5, 5.41) is 0. The van der Waals surface area contributed by atoms with Crippen molar-refractivity contribution in [2.75, 3.05) is 0 Å². The molecule has 0 unspecified atom stereocenters. The molecule has 2 aliphatic rings. The number of ether oxygens (including phenoxy) is 1. The largest absolute Gasteiger partial charge is 0.486 e. The summed E-state index contributed by atoms with van der Waals surface area (Å²) < 4.78 is 6.06. The van der Waals surface area contributed by atoms with Gasteiger partial charge in [0.2, 0.25) is 0 Å². The van der Waals surface area contributed by atoms with Gasteiger partial charge in [0.25, 0.3) is 0 Å². The molecule has 0 saturated heterocycles. The number of carbonyl (C=O) groups excluding carboxylic acids is 1. The quantitative estimate of drug-likeness (QED) is 0.666. The van der Waals surface area contributed by atoms with Gasteiger partial charge in [0, 0.05) is 0 Å². The number of fused-ring (bicyclic) bond motifs is 2. The molecule has 1 aromatic carbocycles. The summed E-state index contributed by atoms with van der Waals surface area (Å²) in [6.07, 6.45) is 1.95. The van der Waals surface area contributed by atoms with Gasteiger partial charge >= 0.3 is 0 Å². The van der Waals surface area contributed by atoms with E-state index in [1.165, 1.54) is 0 Å². The maximum Gasteiger partial charge on any atom is 0.173 e. The molecule has 1 aromatic rings. The van der Waals surface area contributed by atoms with Gasteiger partial charge in [-0.3, -0.25) is 4.79 Å². The maximum absolute atomic E-state index is 12.4. The lowest BCUT2D eigenvalue weighted by atomic mass is 9.83. The number of ketones is 1. The van der Waals surface area contributed by atoms with Crippen molar-refractivity contribution in [2.24, 2.45) is 11.8 Å². The SMILES string of the molecule is C[C@H]1C[C@@H]2C(=O)c3ccccc3O[C@]2(C)C1. The van der Waals surface area contributed by atoms with Crippen molar-refractivity contribution in [2.45, 2.75) is 32.3 Å². The Morgan fingerprint density at radius 3 is 2.94 bits per heavy atom. The summed E-state index contributed by atoms with van der Waals surface area (Å²) in [6.45, 7) is 4.28. The number of rotatable bonds is 0. The normalized spacial score (nSPS) is 36.5. The van der Waals surface area contributed by atoms with Crippen molar-refractivity contribution in [3.63, 3.8) is 0 Å². The number of hydrogen-bond donors (Lipinski definition) is 0. The van der Waals surface area contributed by atoms with Gasteiger partial charge < -0.3 is 4.74 Å². The van der Waals surface area contributed by atoms with Crippen molar-refractivity contribution < 1.29 is 9.53 Å². The summed E-state index contributed by atoms with van der Waals surface area (Å²) >= 11 is 0. The van der Waals surface area contributed by atoms with Crippen molar-refractivity contribution in [1.29, 1.82) is 0 Å². The van der Waals surface area contributed by atoms with Gasteiger partial charge in [-0.05, 0) is 37.8 Å². The molecule has 2 nitrogen and oxygen atoms in total. The second-order valence-electron chi connectivity index (χ2n) is 5.37. The second-order valence-corrected chi connectivity index (χ2v) is 5.37. The maximum atomic E-state index is 12.4. The van der Waals surface area contributed by atoms with E-state index in [0.29, 0.717) is 5.92 Å². The van der Waals surface area contributed by atoms with E-state index in [4.69, 9.17) is 4.74 Å². The molecular formula is C14H16O2. The molecule has 2 heteroatoms. The molecule has 1 aliphatic carbocycles. The van der Waals surface area contributed by atoms with Crippen molar-refractivity contribution in [3.05, 3.63) is 29.8 Å². The van der Waals surface area contributed by atoms with E-state index < -0.39 is 0 Å². The van der Waals surface area contributed by atoms with Gasteiger partial charge in [0.05, 0.1) is 11.5 Å². The zero-order valence-electron chi connectivity index (χ0n) is 9.69. The summed E-state index contributed by atoms with van der Waals surface area (Å²) in [4.78, 5) is 12.4. The van der Waals surface area contributed by atoms with Crippen LogP contribution in [0.5, 0.6) is 5.75 Å². The van der Waals surface area contributed by atoms with Crippen LogP contribution in [-0.2, 0) is 0 Å². The summed E-state index contributed by atoms with van der Waals surface area (Å²) in [7, 11) is 0. The molecular weight excluding hydrogens is 200 g/mol. The van der Waals surface area contributed by atoms with Crippen LogP contribution in [0.25, 0.3) is 0 Å². The minimum absolute atomic E-state index is 0.0531. The lowest BCUT2D eigenvalue weighted by molar-refractivity contribution is 0.0293. The van der Waals surface area contributed by atoms with E-state index in [1.807, 2.05) is 24.3 Å². The zero-order chi connectivity index (χ0) is 11.3. The molecule has 0 N–H and O–H groups in total. The molecule has 0 amide bonds. The van der Waals surface area contributed by atoms with E-state index in [1.54, 1.807) is 0 Å². The minimum atomic E-state index is -0.273. The molecule has 0 radical (unpaired) electrons. The smallest absolute Gasteiger partial charge is 0.173 e. The highest BCUT2D eigenvalue weighted by Crippen LogP contribution is 2.48. The Morgan fingerprint density at radius 1 is 1.38 bits per heavy atom. The van der Waals surface area contributed by atoms with Crippen molar-refractivity contribution in [1.82, 2.24) is 0 Å². The predicted octanol–water partition coefficient (Wildman–Crippen LogP) is 3.07. The average molecular weight is 216 g/mol. The van der Waals surface area contributed by atoms with E-state index in [-0.39, 0.29) is 17.3 Å². The average Bonchev–Trinajstić information content (AvgIpc) is 2.53. The van der Waals surface area contributed by atoms with Crippen LogP contribution in [-0.4, -0.2) is 11.4 Å². The van der Waals surface area contributed by atoms with Crippen LogP contribution in [0.1, 0.15) is 37.0 Å². The highest BCUT2D eigenvalue weighted by Gasteiger charge is 2.51. The molecule has 16 heavy (non-hydrogen) atoms. The Hall–Kier alpha value is -1.31. The fourth-order valence-electron chi connectivity index (χ4n) is 3.26. The van der Waals surface area contributed by atoms with Crippen molar-refractivity contribution in [3.8, 4) is 5.75 Å². The van der Waals surface area contributed by atoms with Gasteiger partial charge in [0.15, 0.2) is 5.78 Å². The molecule has 1 heterocycles. The highest BCUT2D eigenvalue weighted by atomic mass is 16.5. The lowest BCUT2D eigenvalue weighted by Crippen LogP contribution is -2.44. The fraction of sp³-hybridized carbons (Fsp3) is 0.500. The summed E-state index contributed by atoms with van der Waals surface area (Å²) in [5.74, 6) is 1.67. The molecule has 1 fully saturated rings. The van der Waals surface area contributed by atoms with Gasteiger partial charge in [-0.2, -0.15) is 0 Å². The van der Waals surface area contributed by atoms with Crippen LogP contribution in [0.4, 0.5) is 0 Å². The Balaban J connectivity index is 2.10. The van der Waals surface area contributed by atoms with Crippen LogP contribution >= 0.6 is 0 Å². The lowest BCUT2D eigenvalue weighted by Gasteiger charge is -2.36. The minimum Gasteiger partial charge on any atom is -0.486 e. The molecule has 0 spiro atoms.